The van der Waals surface area contributed by atoms with Gasteiger partial charge in [0.1, 0.15) is 18.1 Å². The molecule has 2 aromatic carbocycles. The third kappa shape index (κ3) is 5.23. The molecule has 0 aliphatic carbocycles. The predicted octanol–water partition coefficient (Wildman–Crippen LogP) is 5.37. The van der Waals surface area contributed by atoms with Crippen LogP contribution < -0.4 is 9.47 Å². The van der Waals surface area contributed by atoms with E-state index in [9.17, 15) is 14.9 Å². The molecule has 0 bridgehead atoms. The lowest BCUT2D eigenvalue weighted by atomic mass is 10.1. The van der Waals surface area contributed by atoms with Crippen molar-refractivity contribution in [1.29, 1.82) is 0 Å². The third-order valence-corrected chi connectivity index (χ3v) is 5.33. The topological polar surface area (TPSA) is 96.5 Å². The lowest BCUT2D eigenvalue weighted by Gasteiger charge is -2.12. The summed E-state index contributed by atoms with van der Waals surface area (Å²) in [5, 5.41) is 15.5. The molecule has 0 amide bonds. The molecule has 3 rings (SSSR count). The van der Waals surface area contributed by atoms with E-state index in [2.05, 4.69) is 21.0 Å². The summed E-state index contributed by atoms with van der Waals surface area (Å²) < 4.78 is 13.4. The van der Waals surface area contributed by atoms with Gasteiger partial charge in [-0.15, -0.1) is 0 Å². The molecule has 8 nitrogen and oxygen atoms in total. The standard InChI is InChI=1S/C23H22BrN3O5/c1-4-26-23(18(24)13-25-26)20(28)8-6-16-7-10-21(31-3)17(12-16)14-32-22-9-5-15(2)11-19(22)27(29)30/h5-13H,4,14H2,1-3H3/b8-6+. The Bertz CT molecular complexity index is 1190. The molecule has 0 atom stereocenters. The number of aromatic nitrogens is 2. The van der Waals surface area contributed by atoms with Gasteiger partial charge in [-0.1, -0.05) is 18.2 Å². The van der Waals surface area contributed by atoms with E-state index in [1.165, 1.54) is 19.3 Å². The van der Waals surface area contributed by atoms with Crippen LogP contribution in [0.15, 0.2) is 53.1 Å². The summed E-state index contributed by atoms with van der Waals surface area (Å²) in [6.45, 7) is 4.34. The highest BCUT2D eigenvalue weighted by molar-refractivity contribution is 9.10. The number of rotatable bonds is 9. The monoisotopic (exact) mass is 499 g/mol. The van der Waals surface area contributed by atoms with Crippen LogP contribution in [0.1, 0.15) is 34.1 Å². The molecule has 0 unspecified atom stereocenters. The molecule has 1 heterocycles. The van der Waals surface area contributed by atoms with Crippen LogP contribution in [0.4, 0.5) is 5.69 Å². The van der Waals surface area contributed by atoms with Gasteiger partial charge in [0.25, 0.3) is 0 Å². The Kier molecular flexibility index (Phi) is 7.42. The minimum Gasteiger partial charge on any atom is -0.496 e. The number of methoxy groups -OCH3 is 1. The zero-order valence-electron chi connectivity index (χ0n) is 17.9. The lowest BCUT2D eigenvalue weighted by Crippen LogP contribution is -2.07. The van der Waals surface area contributed by atoms with E-state index in [1.807, 2.05) is 19.1 Å². The van der Waals surface area contributed by atoms with Crippen LogP contribution in [0.25, 0.3) is 6.08 Å². The number of nitrogens with zero attached hydrogens (tertiary/aromatic N) is 3. The highest BCUT2D eigenvalue weighted by atomic mass is 79.9. The average Bonchev–Trinajstić information content (AvgIpc) is 3.17. The maximum absolute atomic E-state index is 12.6. The summed E-state index contributed by atoms with van der Waals surface area (Å²) in [5.41, 5.74) is 2.61. The number of aryl methyl sites for hydroxylation is 2. The molecular weight excluding hydrogens is 478 g/mol. The van der Waals surface area contributed by atoms with Crippen molar-refractivity contribution in [3.8, 4) is 11.5 Å². The number of ketones is 1. The molecular formula is C23H22BrN3O5. The SMILES string of the molecule is CCn1ncc(Br)c1C(=O)/C=C/c1ccc(OC)c(COc2ccc(C)cc2[N+](=O)[O-])c1. The normalized spacial score (nSPS) is 11.0. The van der Waals surface area contributed by atoms with E-state index in [4.69, 9.17) is 9.47 Å². The molecule has 0 aliphatic rings. The minimum absolute atomic E-state index is 0.0663. The van der Waals surface area contributed by atoms with E-state index in [0.29, 0.717) is 28.0 Å². The van der Waals surface area contributed by atoms with Gasteiger partial charge in [0.05, 0.1) is 22.7 Å². The first-order chi connectivity index (χ1) is 15.3. The molecule has 166 valence electrons. The van der Waals surface area contributed by atoms with Crippen LogP contribution in [0.5, 0.6) is 11.5 Å². The summed E-state index contributed by atoms with van der Waals surface area (Å²) >= 11 is 3.36. The Labute approximate surface area is 193 Å². The number of halogens is 1. The van der Waals surface area contributed by atoms with Crippen molar-refractivity contribution in [2.45, 2.75) is 27.0 Å². The highest BCUT2D eigenvalue weighted by Gasteiger charge is 2.17. The minimum atomic E-state index is -0.469. The molecule has 3 aromatic rings. The number of benzene rings is 2. The second kappa shape index (κ2) is 10.2. The second-order valence-electron chi connectivity index (χ2n) is 6.94. The van der Waals surface area contributed by atoms with Gasteiger partial charge in [0, 0.05) is 18.2 Å². The first-order valence-corrected chi connectivity index (χ1v) is 10.6. The smallest absolute Gasteiger partial charge is 0.311 e. The van der Waals surface area contributed by atoms with Gasteiger partial charge in [-0.25, -0.2) is 0 Å². The number of carbonyl (C=O) groups is 1. The number of carbonyl (C=O) groups excluding carboxylic acids is 1. The molecule has 1 aromatic heterocycles. The van der Waals surface area contributed by atoms with Gasteiger partial charge in [0.15, 0.2) is 5.75 Å². The second-order valence-corrected chi connectivity index (χ2v) is 7.80. The third-order valence-electron chi connectivity index (χ3n) is 4.75. The Morgan fingerprint density at radius 1 is 1.25 bits per heavy atom. The maximum atomic E-state index is 12.6. The Balaban J connectivity index is 1.82. The van der Waals surface area contributed by atoms with Gasteiger partial charge in [-0.3, -0.25) is 19.6 Å². The fourth-order valence-corrected chi connectivity index (χ4v) is 3.65. The summed E-state index contributed by atoms with van der Waals surface area (Å²) in [4.78, 5) is 23.5. The van der Waals surface area contributed by atoms with Crippen molar-refractivity contribution in [3.63, 3.8) is 0 Å². The first kappa shape index (κ1) is 23.2. The summed E-state index contributed by atoms with van der Waals surface area (Å²) in [6, 6.07) is 10.2. The Morgan fingerprint density at radius 2 is 2.00 bits per heavy atom. The predicted molar refractivity (Wildman–Crippen MR) is 124 cm³/mol. The number of nitro benzene ring substituents is 1. The van der Waals surface area contributed by atoms with Gasteiger partial charge >= 0.3 is 5.69 Å². The van der Waals surface area contributed by atoms with Crippen LogP contribution in [0.2, 0.25) is 0 Å². The quantitative estimate of drug-likeness (QED) is 0.170. The first-order valence-electron chi connectivity index (χ1n) is 9.82. The van der Waals surface area contributed by atoms with Crippen LogP contribution in [0, 0.1) is 17.0 Å². The van der Waals surface area contributed by atoms with E-state index in [0.717, 1.165) is 11.1 Å². The van der Waals surface area contributed by atoms with E-state index in [1.54, 1.807) is 42.1 Å². The van der Waals surface area contributed by atoms with Crippen molar-refractivity contribution in [2.24, 2.45) is 0 Å². The summed E-state index contributed by atoms with van der Waals surface area (Å²) in [6.07, 6.45) is 4.77. The Morgan fingerprint density at radius 3 is 2.69 bits per heavy atom. The molecule has 0 saturated carbocycles. The van der Waals surface area contributed by atoms with Crippen LogP contribution >= 0.6 is 15.9 Å². The van der Waals surface area contributed by atoms with Crippen molar-refractivity contribution < 1.29 is 19.2 Å². The van der Waals surface area contributed by atoms with Gasteiger partial charge in [0.2, 0.25) is 5.78 Å². The zero-order valence-corrected chi connectivity index (χ0v) is 19.5. The molecule has 0 fully saturated rings. The average molecular weight is 500 g/mol. The fourth-order valence-electron chi connectivity index (χ4n) is 3.16. The molecule has 9 heteroatoms. The molecule has 0 N–H and O–H groups in total. The molecule has 32 heavy (non-hydrogen) atoms. The maximum Gasteiger partial charge on any atom is 0.311 e. The largest absolute Gasteiger partial charge is 0.496 e. The van der Waals surface area contributed by atoms with Crippen molar-refractivity contribution >= 4 is 33.5 Å². The molecule has 0 spiro atoms. The fraction of sp³-hybridized carbons (Fsp3) is 0.217. The van der Waals surface area contributed by atoms with Gasteiger partial charge in [-0.05, 0) is 65.2 Å². The summed E-state index contributed by atoms with van der Waals surface area (Å²) in [5.74, 6) is 0.576. The number of ether oxygens (including phenoxy) is 2. The van der Waals surface area contributed by atoms with E-state index >= 15 is 0 Å². The lowest BCUT2D eigenvalue weighted by molar-refractivity contribution is -0.386. The molecule has 0 saturated heterocycles. The number of allylic oxidation sites excluding steroid dienone is 1. The van der Waals surface area contributed by atoms with Crippen LogP contribution in [0.3, 0.4) is 0 Å². The number of hydrogen-bond acceptors (Lipinski definition) is 6. The van der Waals surface area contributed by atoms with Crippen molar-refractivity contribution in [1.82, 2.24) is 9.78 Å². The highest BCUT2D eigenvalue weighted by Crippen LogP contribution is 2.30. The van der Waals surface area contributed by atoms with Crippen molar-refractivity contribution in [2.75, 3.05) is 7.11 Å². The number of nitro groups is 1. The van der Waals surface area contributed by atoms with Gasteiger partial charge < -0.3 is 9.47 Å². The molecule has 0 radical (unpaired) electrons. The zero-order chi connectivity index (χ0) is 23.3. The van der Waals surface area contributed by atoms with Crippen LogP contribution in [-0.2, 0) is 13.2 Å². The molecule has 0 aliphatic heterocycles. The summed E-state index contributed by atoms with van der Waals surface area (Å²) in [7, 11) is 1.54. The van der Waals surface area contributed by atoms with Gasteiger partial charge in [-0.2, -0.15) is 5.10 Å². The Hall–Kier alpha value is -3.46. The van der Waals surface area contributed by atoms with E-state index < -0.39 is 4.92 Å². The van der Waals surface area contributed by atoms with Crippen molar-refractivity contribution in [3.05, 3.63) is 85.6 Å². The van der Waals surface area contributed by atoms with Crippen LogP contribution in [-0.4, -0.2) is 27.6 Å². The van der Waals surface area contributed by atoms with E-state index in [-0.39, 0.29) is 23.8 Å². The number of hydrogen-bond donors (Lipinski definition) is 0.